The minimum atomic E-state index is 0.439. The Morgan fingerprint density at radius 2 is 2.10 bits per heavy atom. The van der Waals surface area contributed by atoms with Gasteiger partial charge in [0, 0.05) is 6.20 Å². The first-order valence-corrected chi connectivity index (χ1v) is 3.62. The van der Waals surface area contributed by atoms with Crippen LogP contribution in [-0.2, 0) is 5.88 Å². The molecule has 0 radical (unpaired) electrons. The number of hydrogen-bond acceptors (Lipinski definition) is 2. The smallest absolute Gasteiger partial charge is 0.0737 e. The molecule has 0 spiro atoms. The summed E-state index contributed by atoms with van der Waals surface area (Å²) in [5.74, 6) is 0.439. The zero-order valence-electron chi connectivity index (χ0n) is 6.06. The maximum atomic E-state index is 5.55. The molecular formula is C7H9ClN2. The molecule has 0 saturated heterocycles. The summed E-state index contributed by atoms with van der Waals surface area (Å²) in [4.78, 5) is 8.30. The molecule has 0 fully saturated rings. The lowest BCUT2D eigenvalue weighted by molar-refractivity contribution is 0.992. The van der Waals surface area contributed by atoms with Crippen LogP contribution in [0.5, 0.6) is 0 Å². The van der Waals surface area contributed by atoms with Crippen LogP contribution in [0.3, 0.4) is 0 Å². The highest BCUT2D eigenvalue weighted by atomic mass is 35.5. The standard InChI is InChI=1S/C7H9ClN2/c1-5-6(2)10-7(3-8)4-9-5/h4H,3H2,1-2H3. The molecular weight excluding hydrogens is 148 g/mol. The van der Waals surface area contributed by atoms with Crippen molar-refractivity contribution in [1.82, 2.24) is 9.97 Å². The molecule has 54 valence electrons. The Bertz CT molecular complexity index is 235. The molecule has 1 aromatic heterocycles. The van der Waals surface area contributed by atoms with Gasteiger partial charge in [0.1, 0.15) is 0 Å². The quantitative estimate of drug-likeness (QED) is 0.580. The van der Waals surface area contributed by atoms with Crippen LogP contribution < -0.4 is 0 Å². The second-order valence-electron chi connectivity index (χ2n) is 2.17. The van der Waals surface area contributed by atoms with Gasteiger partial charge in [0.05, 0.1) is 23.0 Å². The maximum absolute atomic E-state index is 5.55. The number of nitrogens with zero attached hydrogens (tertiary/aromatic N) is 2. The number of alkyl halides is 1. The lowest BCUT2D eigenvalue weighted by atomic mass is 10.3. The van der Waals surface area contributed by atoms with Gasteiger partial charge < -0.3 is 0 Å². The van der Waals surface area contributed by atoms with Gasteiger partial charge in [-0.1, -0.05) is 0 Å². The molecule has 10 heavy (non-hydrogen) atoms. The van der Waals surface area contributed by atoms with Crippen LogP contribution in [0, 0.1) is 13.8 Å². The van der Waals surface area contributed by atoms with Crippen LogP contribution in [0.2, 0.25) is 0 Å². The largest absolute Gasteiger partial charge is 0.258 e. The van der Waals surface area contributed by atoms with Crippen molar-refractivity contribution in [3.8, 4) is 0 Å². The van der Waals surface area contributed by atoms with Crippen LogP contribution >= 0.6 is 11.6 Å². The molecule has 0 amide bonds. The summed E-state index contributed by atoms with van der Waals surface area (Å²) < 4.78 is 0. The predicted molar refractivity (Wildman–Crippen MR) is 41.1 cm³/mol. The highest BCUT2D eigenvalue weighted by Crippen LogP contribution is 2.02. The summed E-state index contributed by atoms with van der Waals surface area (Å²) in [5, 5.41) is 0. The fourth-order valence-electron chi connectivity index (χ4n) is 0.654. The molecule has 1 aromatic rings. The van der Waals surface area contributed by atoms with Crippen molar-refractivity contribution in [3.63, 3.8) is 0 Å². The zero-order chi connectivity index (χ0) is 7.56. The number of hydrogen-bond donors (Lipinski definition) is 0. The van der Waals surface area contributed by atoms with Crippen molar-refractivity contribution < 1.29 is 0 Å². The molecule has 0 saturated carbocycles. The molecule has 0 aliphatic rings. The van der Waals surface area contributed by atoms with E-state index in [2.05, 4.69) is 9.97 Å². The molecule has 1 heterocycles. The number of aromatic nitrogens is 2. The van der Waals surface area contributed by atoms with Crippen molar-refractivity contribution in [2.24, 2.45) is 0 Å². The van der Waals surface area contributed by atoms with Gasteiger partial charge in [-0.2, -0.15) is 0 Å². The van der Waals surface area contributed by atoms with E-state index in [1.807, 2.05) is 13.8 Å². The van der Waals surface area contributed by atoms with Crippen LogP contribution in [0.15, 0.2) is 6.20 Å². The van der Waals surface area contributed by atoms with E-state index < -0.39 is 0 Å². The number of aryl methyl sites for hydroxylation is 2. The SMILES string of the molecule is Cc1ncc(CCl)nc1C. The highest BCUT2D eigenvalue weighted by molar-refractivity contribution is 6.16. The minimum Gasteiger partial charge on any atom is -0.258 e. The van der Waals surface area contributed by atoms with Gasteiger partial charge in [0.25, 0.3) is 0 Å². The fraction of sp³-hybridized carbons (Fsp3) is 0.429. The van der Waals surface area contributed by atoms with Crippen molar-refractivity contribution >= 4 is 11.6 Å². The van der Waals surface area contributed by atoms with Crippen LogP contribution in [0.1, 0.15) is 17.1 Å². The minimum absolute atomic E-state index is 0.439. The second-order valence-corrected chi connectivity index (χ2v) is 2.43. The third-order valence-corrected chi connectivity index (χ3v) is 1.65. The average Bonchev–Trinajstić information content (AvgIpc) is 1.95. The molecule has 3 heteroatoms. The number of rotatable bonds is 1. The molecule has 0 N–H and O–H groups in total. The van der Waals surface area contributed by atoms with Crippen molar-refractivity contribution in [2.45, 2.75) is 19.7 Å². The Morgan fingerprint density at radius 3 is 2.60 bits per heavy atom. The van der Waals surface area contributed by atoms with Crippen molar-refractivity contribution in [2.75, 3.05) is 0 Å². The maximum Gasteiger partial charge on any atom is 0.0737 e. The second kappa shape index (κ2) is 2.97. The van der Waals surface area contributed by atoms with Crippen LogP contribution in [0.25, 0.3) is 0 Å². The zero-order valence-corrected chi connectivity index (χ0v) is 6.81. The number of halogens is 1. The summed E-state index contributed by atoms with van der Waals surface area (Å²) in [5.41, 5.74) is 2.76. The molecule has 0 atom stereocenters. The lowest BCUT2D eigenvalue weighted by Crippen LogP contribution is -1.94. The van der Waals surface area contributed by atoms with Gasteiger partial charge >= 0.3 is 0 Å². The normalized spacial score (nSPS) is 9.90. The topological polar surface area (TPSA) is 25.8 Å². The Kier molecular flexibility index (Phi) is 2.22. The van der Waals surface area contributed by atoms with E-state index in [9.17, 15) is 0 Å². The molecule has 1 rings (SSSR count). The molecule has 0 bridgehead atoms. The van der Waals surface area contributed by atoms with Gasteiger partial charge in [-0.05, 0) is 13.8 Å². The van der Waals surface area contributed by atoms with Gasteiger partial charge in [0.15, 0.2) is 0 Å². The Hall–Kier alpha value is -0.630. The Morgan fingerprint density at radius 1 is 1.40 bits per heavy atom. The average molecular weight is 157 g/mol. The van der Waals surface area contributed by atoms with Crippen molar-refractivity contribution in [1.29, 1.82) is 0 Å². The van der Waals surface area contributed by atoms with E-state index >= 15 is 0 Å². The van der Waals surface area contributed by atoms with Gasteiger partial charge in [0.2, 0.25) is 0 Å². The first-order chi connectivity index (χ1) is 4.74. The van der Waals surface area contributed by atoms with Crippen LogP contribution in [0.4, 0.5) is 0 Å². The molecule has 2 nitrogen and oxygen atoms in total. The summed E-state index contributed by atoms with van der Waals surface area (Å²) in [6.45, 7) is 3.86. The Balaban J connectivity index is 3.04. The van der Waals surface area contributed by atoms with Gasteiger partial charge in [-0.15, -0.1) is 11.6 Å². The fourth-order valence-corrected chi connectivity index (χ4v) is 0.783. The van der Waals surface area contributed by atoms with E-state index in [1.54, 1.807) is 6.20 Å². The van der Waals surface area contributed by atoms with E-state index in [0.29, 0.717) is 5.88 Å². The molecule has 0 aromatic carbocycles. The lowest BCUT2D eigenvalue weighted by Gasteiger charge is -1.98. The summed E-state index contributed by atoms with van der Waals surface area (Å²) >= 11 is 5.55. The Labute approximate surface area is 65.3 Å². The highest BCUT2D eigenvalue weighted by Gasteiger charge is 1.96. The van der Waals surface area contributed by atoms with Crippen molar-refractivity contribution in [3.05, 3.63) is 23.3 Å². The summed E-state index contributed by atoms with van der Waals surface area (Å²) in [6, 6.07) is 0. The molecule has 0 aliphatic heterocycles. The molecule has 0 aliphatic carbocycles. The van der Waals surface area contributed by atoms with E-state index in [-0.39, 0.29) is 0 Å². The summed E-state index contributed by atoms with van der Waals surface area (Å²) in [6.07, 6.45) is 1.70. The van der Waals surface area contributed by atoms with E-state index in [4.69, 9.17) is 11.6 Å². The predicted octanol–water partition coefficient (Wildman–Crippen LogP) is 1.83. The third kappa shape index (κ3) is 1.45. The molecule has 0 unspecified atom stereocenters. The first kappa shape index (κ1) is 7.48. The summed E-state index contributed by atoms with van der Waals surface area (Å²) in [7, 11) is 0. The monoisotopic (exact) mass is 156 g/mol. The first-order valence-electron chi connectivity index (χ1n) is 3.09. The van der Waals surface area contributed by atoms with Gasteiger partial charge in [-0.3, -0.25) is 9.97 Å². The third-order valence-electron chi connectivity index (χ3n) is 1.38. The van der Waals surface area contributed by atoms with Gasteiger partial charge in [-0.25, -0.2) is 0 Å². The van der Waals surface area contributed by atoms with Crippen LogP contribution in [-0.4, -0.2) is 9.97 Å². The van der Waals surface area contributed by atoms with E-state index in [1.165, 1.54) is 0 Å². The van der Waals surface area contributed by atoms with E-state index in [0.717, 1.165) is 17.1 Å².